The number of anilines is 2. The number of hydrogen-bond donors (Lipinski definition) is 0. The summed E-state index contributed by atoms with van der Waals surface area (Å²) in [6, 6.07) is 17.6. The zero-order chi connectivity index (χ0) is 15.9. The standard InChI is InChI=1S/C20H28N2/c1-5-22(20-13-9-18(3)10-14-20)16-6-15-21(4)19-11-7-17(2)8-12-19/h7-14H,5-6,15-16H2,1-4H3. The molecule has 0 aliphatic heterocycles. The third kappa shape index (κ3) is 4.52. The molecule has 2 aromatic carbocycles. The van der Waals surface area contributed by atoms with E-state index in [1.807, 2.05) is 0 Å². The Morgan fingerprint density at radius 1 is 0.727 bits per heavy atom. The quantitative estimate of drug-likeness (QED) is 0.733. The molecule has 0 radical (unpaired) electrons. The number of benzene rings is 2. The average molecular weight is 296 g/mol. The van der Waals surface area contributed by atoms with Crippen LogP contribution < -0.4 is 9.80 Å². The maximum Gasteiger partial charge on any atom is 0.0366 e. The fraction of sp³-hybridized carbons (Fsp3) is 0.400. The molecule has 0 saturated heterocycles. The minimum absolute atomic E-state index is 1.05. The van der Waals surface area contributed by atoms with E-state index in [0.717, 1.165) is 26.1 Å². The molecule has 0 heterocycles. The van der Waals surface area contributed by atoms with Crippen LogP contribution in [0.2, 0.25) is 0 Å². The molecule has 0 unspecified atom stereocenters. The molecule has 0 fully saturated rings. The van der Waals surface area contributed by atoms with Crippen molar-refractivity contribution in [3.8, 4) is 0 Å². The van der Waals surface area contributed by atoms with Gasteiger partial charge in [0.1, 0.15) is 0 Å². The molecule has 0 N–H and O–H groups in total. The molecule has 0 spiro atoms. The Hall–Kier alpha value is -1.96. The molecule has 0 saturated carbocycles. The van der Waals surface area contributed by atoms with Gasteiger partial charge in [0, 0.05) is 38.1 Å². The lowest BCUT2D eigenvalue weighted by Crippen LogP contribution is -2.28. The Morgan fingerprint density at radius 2 is 1.23 bits per heavy atom. The molecule has 0 aliphatic carbocycles. The summed E-state index contributed by atoms with van der Waals surface area (Å²) in [4.78, 5) is 4.78. The molecule has 0 aromatic heterocycles. The SMILES string of the molecule is CCN(CCCN(C)c1ccc(C)cc1)c1ccc(C)cc1. The smallest absolute Gasteiger partial charge is 0.0366 e. The van der Waals surface area contributed by atoms with E-state index in [9.17, 15) is 0 Å². The molecular weight excluding hydrogens is 268 g/mol. The first-order valence-corrected chi connectivity index (χ1v) is 8.19. The second kappa shape index (κ2) is 7.88. The van der Waals surface area contributed by atoms with Crippen LogP contribution in [0.15, 0.2) is 48.5 Å². The number of aryl methyl sites for hydroxylation is 2. The van der Waals surface area contributed by atoms with Crippen molar-refractivity contribution >= 4 is 11.4 Å². The second-order valence-electron chi connectivity index (χ2n) is 6.03. The monoisotopic (exact) mass is 296 g/mol. The topological polar surface area (TPSA) is 6.48 Å². The molecular formula is C20H28N2. The summed E-state index contributed by atoms with van der Waals surface area (Å²) < 4.78 is 0. The largest absolute Gasteiger partial charge is 0.375 e. The van der Waals surface area contributed by atoms with Crippen molar-refractivity contribution in [3.05, 3.63) is 59.7 Å². The number of hydrogen-bond acceptors (Lipinski definition) is 2. The predicted octanol–water partition coefficient (Wildman–Crippen LogP) is 4.66. The number of nitrogens with zero attached hydrogens (tertiary/aromatic N) is 2. The van der Waals surface area contributed by atoms with Gasteiger partial charge in [-0.2, -0.15) is 0 Å². The maximum atomic E-state index is 2.45. The minimum atomic E-state index is 1.05. The summed E-state index contributed by atoms with van der Waals surface area (Å²) in [5, 5.41) is 0. The van der Waals surface area contributed by atoms with E-state index < -0.39 is 0 Å². The second-order valence-corrected chi connectivity index (χ2v) is 6.03. The lowest BCUT2D eigenvalue weighted by atomic mass is 10.2. The van der Waals surface area contributed by atoms with Crippen molar-refractivity contribution in [2.75, 3.05) is 36.5 Å². The molecule has 0 atom stereocenters. The average Bonchev–Trinajstić information content (AvgIpc) is 2.53. The Bertz CT molecular complexity index is 557. The van der Waals surface area contributed by atoms with Gasteiger partial charge in [-0.3, -0.25) is 0 Å². The first kappa shape index (κ1) is 16.4. The van der Waals surface area contributed by atoms with E-state index in [-0.39, 0.29) is 0 Å². The van der Waals surface area contributed by atoms with Gasteiger partial charge in [-0.05, 0) is 51.5 Å². The third-order valence-corrected chi connectivity index (χ3v) is 4.18. The van der Waals surface area contributed by atoms with Crippen LogP contribution in [0.25, 0.3) is 0 Å². The first-order valence-electron chi connectivity index (χ1n) is 8.19. The van der Waals surface area contributed by atoms with Crippen molar-refractivity contribution in [1.29, 1.82) is 0 Å². The van der Waals surface area contributed by atoms with Gasteiger partial charge in [0.2, 0.25) is 0 Å². The zero-order valence-electron chi connectivity index (χ0n) is 14.3. The normalized spacial score (nSPS) is 10.5. The van der Waals surface area contributed by atoms with Gasteiger partial charge in [0.15, 0.2) is 0 Å². The Kier molecular flexibility index (Phi) is 5.88. The lowest BCUT2D eigenvalue weighted by molar-refractivity contribution is 0.732. The van der Waals surface area contributed by atoms with Gasteiger partial charge in [-0.15, -0.1) is 0 Å². The molecule has 0 bridgehead atoms. The summed E-state index contributed by atoms with van der Waals surface area (Å²) in [5.41, 5.74) is 5.25. The van der Waals surface area contributed by atoms with E-state index in [2.05, 4.69) is 86.1 Å². The highest BCUT2D eigenvalue weighted by Crippen LogP contribution is 2.16. The Balaban J connectivity index is 1.85. The first-order chi connectivity index (χ1) is 10.6. The van der Waals surface area contributed by atoms with Crippen molar-refractivity contribution in [1.82, 2.24) is 0 Å². The molecule has 0 aliphatic rings. The molecule has 22 heavy (non-hydrogen) atoms. The van der Waals surface area contributed by atoms with Crippen molar-refractivity contribution in [3.63, 3.8) is 0 Å². The van der Waals surface area contributed by atoms with Crippen LogP contribution in [-0.4, -0.2) is 26.7 Å². The molecule has 2 rings (SSSR count). The van der Waals surface area contributed by atoms with Crippen LogP contribution in [-0.2, 0) is 0 Å². The fourth-order valence-electron chi connectivity index (χ4n) is 2.65. The van der Waals surface area contributed by atoms with E-state index >= 15 is 0 Å². The van der Waals surface area contributed by atoms with Crippen LogP contribution in [0.3, 0.4) is 0 Å². The van der Waals surface area contributed by atoms with Gasteiger partial charge in [0.05, 0.1) is 0 Å². The van der Waals surface area contributed by atoms with E-state index in [1.165, 1.54) is 22.5 Å². The van der Waals surface area contributed by atoms with Crippen LogP contribution in [0.5, 0.6) is 0 Å². The Labute approximate surface area is 135 Å². The van der Waals surface area contributed by atoms with Gasteiger partial charge in [-0.1, -0.05) is 35.4 Å². The van der Waals surface area contributed by atoms with Gasteiger partial charge in [-0.25, -0.2) is 0 Å². The summed E-state index contributed by atoms with van der Waals surface area (Å²) in [6.45, 7) is 9.71. The van der Waals surface area contributed by atoms with Crippen LogP contribution in [0.4, 0.5) is 11.4 Å². The summed E-state index contributed by atoms with van der Waals surface area (Å²) in [5.74, 6) is 0. The summed E-state index contributed by atoms with van der Waals surface area (Å²) >= 11 is 0. The molecule has 2 heteroatoms. The van der Waals surface area contributed by atoms with E-state index in [0.29, 0.717) is 0 Å². The highest BCUT2D eigenvalue weighted by molar-refractivity contribution is 5.48. The summed E-state index contributed by atoms with van der Waals surface area (Å²) in [7, 11) is 2.17. The van der Waals surface area contributed by atoms with E-state index in [1.54, 1.807) is 0 Å². The third-order valence-electron chi connectivity index (χ3n) is 4.18. The molecule has 2 nitrogen and oxygen atoms in total. The van der Waals surface area contributed by atoms with Crippen molar-refractivity contribution < 1.29 is 0 Å². The molecule has 2 aromatic rings. The summed E-state index contributed by atoms with van der Waals surface area (Å²) in [6.07, 6.45) is 1.16. The minimum Gasteiger partial charge on any atom is -0.375 e. The lowest BCUT2D eigenvalue weighted by Gasteiger charge is -2.25. The molecule has 118 valence electrons. The van der Waals surface area contributed by atoms with Gasteiger partial charge < -0.3 is 9.80 Å². The maximum absolute atomic E-state index is 2.45. The zero-order valence-corrected chi connectivity index (χ0v) is 14.3. The van der Waals surface area contributed by atoms with Gasteiger partial charge in [0.25, 0.3) is 0 Å². The van der Waals surface area contributed by atoms with Crippen LogP contribution in [0, 0.1) is 13.8 Å². The fourth-order valence-corrected chi connectivity index (χ4v) is 2.65. The number of rotatable bonds is 7. The predicted molar refractivity (Wildman–Crippen MR) is 98.1 cm³/mol. The van der Waals surface area contributed by atoms with Gasteiger partial charge >= 0.3 is 0 Å². The van der Waals surface area contributed by atoms with E-state index in [4.69, 9.17) is 0 Å². The Morgan fingerprint density at radius 3 is 1.73 bits per heavy atom. The van der Waals surface area contributed by atoms with Crippen molar-refractivity contribution in [2.24, 2.45) is 0 Å². The van der Waals surface area contributed by atoms with Crippen molar-refractivity contribution in [2.45, 2.75) is 27.2 Å². The highest BCUT2D eigenvalue weighted by atomic mass is 15.1. The van der Waals surface area contributed by atoms with Crippen LogP contribution in [0.1, 0.15) is 24.5 Å². The van der Waals surface area contributed by atoms with Crippen LogP contribution >= 0.6 is 0 Å². The molecule has 0 amide bonds. The highest BCUT2D eigenvalue weighted by Gasteiger charge is 2.05.